The van der Waals surface area contributed by atoms with Crippen LogP contribution in [-0.4, -0.2) is 35.1 Å². The largest absolute Gasteiger partial charge is 0.309 e. The molecule has 13 heavy (non-hydrogen) atoms. The molecule has 0 radical (unpaired) electrons. The van der Waals surface area contributed by atoms with Gasteiger partial charge in [-0.25, -0.2) is 0 Å². The standard InChI is InChI=1S/C11H24N2/c1-9(2)13-8-10(3,4)12-7-11(13,5)6/h9,12H,7-8H2,1-6H3. The van der Waals surface area contributed by atoms with Gasteiger partial charge in [0, 0.05) is 30.2 Å². The molecule has 1 aliphatic rings. The summed E-state index contributed by atoms with van der Waals surface area (Å²) in [5, 5.41) is 3.59. The summed E-state index contributed by atoms with van der Waals surface area (Å²) in [4.78, 5) is 2.59. The van der Waals surface area contributed by atoms with Crippen molar-refractivity contribution in [2.75, 3.05) is 13.1 Å². The zero-order chi connectivity index (χ0) is 10.3. The molecule has 2 nitrogen and oxygen atoms in total. The highest BCUT2D eigenvalue weighted by Gasteiger charge is 2.38. The fraction of sp³-hybridized carbons (Fsp3) is 1.00. The first-order valence-corrected chi connectivity index (χ1v) is 5.26. The molecule has 1 aliphatic heterocycles. The fourth-order valence-electron chi connectivity index (χ4n) is 2.13. The average molecular weight is 184 g/mol. The number of piperazine rings is 1. The van der Waals surface area contributed by atoms with E-state index in [-0.39, 0.29) is 5.54 Å². The monoisotopic (exact) mass is 184 g/mol. The molecule has 0 bridgehead atoms. The normalized spacial score (nSPS) is 27.9. The molecule has 0 saturated carbocycles. The van der Waals surface area contributed by atoms with Gasteiger partial charge in [0.15, 0.2) is 0 Å². The van der Waals surface area contributed by atoms with Crippen molar-refractivity contribution in [2.45, 2.75) is 58.7 Å². The van der Waals surface area contributed by atoms with Gasteiger partial charge in [-0.1, -0.05) is 0 Å². The van der Waals surface area contributed by atoms with E-state index in [0.717, 1.165) is 13.1 Å². The maximum Gasteiger partial charge on any atom is 0.0281 e. The van der Waals surface area contributed by atoms with Crippen LogP contribution in [0.15, 0.2) is 0 Å². The van der Waals surface area contributed by atoms with E-state index in [9.17, 15) is 0 Å². The van der Waals surface area contributed by atoms with Crippen LogP contribution >= 0.6 is 0 Å². The van der Waals surface area contributed by atoms with Crippen molar-refractivity contribution < 1.29 is 0 Å². The third-order valence-corrected chi connectivity index (χ3v) is 2.97. The first-order chi connectivity index (χ1) is 5.75. The lowest BCUT2D eigenvalue weighted by atomic mass is 9.90. The average Bonchev–Trinajstić information content (AvgIpc) is 1.95. The van der Waals surface area contributed by atoms with Gasteiger partial charge in [-0.15, -0.1) is 0 Å². The molecular weight excluding hydrogens is 160 g/mol. The Bertz CT molecular complexity index is 183. The van der Waals surface area contributed by atoms with Gasteiger partial charge in [0.05, 0.1) is 0 Å². The zero-order valence-electron chi connectivity index (χ0n) is 9.94. The summed E-state index contributed by atoms with van der Waals surface area (Å²) in [5.41, 5.74) is 0.559. The minimum Gasteiger partial charge on any atom is -0.309 e. The highest BCUT2D eigenvalue weighted by Crippen LogP contribution is 2.25. The minimum absolute atomic E-state index is 0.264. The molecule has 2 heteroatoms. The van der Waals surface area contributed by atoms with Crippen LogP contribution in [0.2, 0.25) is 0 Å². The van der Waals surface area contributed by atoms with Crippen molar-refractivity contribution in [3.05, 3.63) is 0 Å². The molecule has 1 rings (SSSR count). The van der Waals surface area contributed by atoms with Crippen LogP contribution in [0.5, 0.6) is 0 Å². The molecule has 0 atom stereocenters. The molecule has 0 unspecified atom stereocenters. The molecular formula is C11H24N2. The highest BCUT2D eigenvalue weighted by molar-refractivity contribution is 4.98. The van der Waals surface area contributed by atoms with E-state index in [4.69, 9.17) is 0 Å². The Kier molecular flexibility index (Phi) is 2.75. The van der Waals surface area contributed by atoms with Crippen LogP contribution in [0.4, 0.5) is 0 Å². The van der Waals surface area contributed by atoms with Gasteiger partial charge >= 0.3 is 0 Å². The van der Waals surface area contributed by atoms with E-state index >= 15 is 0 Å². The van der Waals surface area contributed by atoms with Gasteiger partial charge in [-0.05, 0) is 41.5 Å². The predicted molar refractivity (Wildman–Crippen MR) is 58.0 cm³/mol. The lowest BCUT2D eigenvalue weighted by molar-refractivity contribution is 0.0141. The smallest absolute Gasteiger partial charge is 0.0281 e. The lowest BCUT2D eigenvalue weighted by Gasteiger charge is -2.51. The van der Waals surface area contributed by atoms with Crippen LogP contribution in [-0.2, 0) is 0 Å². The summed E-state index contributed by atoms with van der Waals surface area (Å²) < 4.78 is 0. The Morgan fingerprint density at radius 1 is 1.15 bits per heavy atom. The van der Waals surface area contributed by atoms with Crippen LogP contribution in [0.3, 0.4) is 0 Å². The Hall–Kier alpha value is -0.0800. The van der Waals surface area contributed by atoms with E-state index in [0.29, 0.717) is 11.6 Å². The van der Waals surface area contributed by atoms with Gasteiger partial charge in [-0.2, -0.15) is 0 Å². The molecule has 1 fully saturated rings. The Labute approximate surface area is 82.7 Å². The second-order valence-electron chi connectivity index (χ2n) is 5.77. The quantitative estimate of drug-likeness (QED) is 0.669. The third kappa shape index (κ3) is 2.44. The maximum absolute atomic E-state index is 3.59. The minimum atomic E-state index is 0.264. The van der Waals surface area contributed by atoms with Crippen molar-refractivity contribution in [1.29, 1.82) is 0 Å². The summed E-state index contributed by atoms with van der Waals surface area (Å²) in [6, 6.07) is 0.636. The number of nitrogens with one attached hydrogen (secondary N) is 1. The molecule has 0 aliphatic carbocycles. The molecule has 0 spiro atoms. The highest BCUT2D eigenvalue weighted by atomic mass is 15.3. The predicted octanol–water partition coefficient (Wildman–Crippen LogP) is 1.86. The Morgan fingerprint density at radius 3 is 2.08 bits per heavy atom. The zero-order valence-corrected chi connectivity index (χ0v) is 9.94. The molecule has 78 valence electrons. The summed E-state index contributed by atoms with van der Waals surface area (Å²) in [7, 11) is 0. The van der Waals surface area contributed by atoms with Gasteiger partial charge < -0.3 is 5.32 Å². The number of hydrogen-bond donors (Lipinski definition) is 1. The Balaban J connectivity index is 2.76. The first kappa shape index (κ1) is 11.0. The molecule has 1 N–H and O–H groups in total. The van der Waals surface area contributed by atoms with E-state index in [1.807, 2.05) is 0 Å². The van der Waals surface area contributed by atoms with E-state index in [1.165, 1.54) is 0 Å². The van der Waals surface area contributed by atoms with Gasteiger partial charge in [0.2, 0.25) is 0 Å². The Morgan fingerprint density at radius 2 is 1.69 bits per heavy atom. The van der Waals surface area contributed by atoms with Crippen LogP contribution in [0.25, 0.3) is 0 Å². The summed E-state index contributed by atoms with van der Waals surface area (Å²) in [6.45, 7) is 16.0. The molecule has 1 saturated heterocycles. The van der Waals surface area contributed by atoms with Crippen molar-refractivity contribution >= 4 is 0 Å². The molecule has 0 aromatic rings. The topological polar surface area (TPSA) is 15.3 Å². The summed E-state index contributed by atoms with van der Waals surface area (Å²) in [6.07, 6.45) is 0. The SMILES string of the molecule is CC(C)N1CC(C)(C)NCC1(C)C. The van der Waals surface area contributed by atoms with Gasteiger partial charge in [0.25, 0.3) is 0 Å². The molecule has 0 aromatic heterocycles. The van der Waals surface area contributed by atoms with Crippen molar-refractivity contribution in [3.63, 3.8) is 0 Å². The van der Waals surface area contributed by atoms with Gasteiger partial charge in [0.1, 0.15) is 0 Å². The number of rotatable bonds is 1. The van der Waals surface area contributed by atoms with Crippen molar-refractivity contribution in [3.8, 4) is 0 Å². The van der Waals surface area contributed by atoms with E-state index < -0.39 is 0 Å². The molecule has 1 heterocycles. The van der Waals surface area contributed by atoms with Crippen LogP contribution in [0.1, 0.15) is 41.5 Å². The summed E-state index contributed by atoms with van der Waals surface area (Å²) >= 11 is 0. The van der Waals surface area contributed by atoms with Crippen LogP contribution < -0.4 is 5.32 Å². The second kappa shape index (κ2) is 3.25. The fourth-order valence-corrected chi connectivity index (χ4v) is 2.13. The first-order valence-electron chi connectivity index (χ1n) is 5.26. The number of hydrogen-bond acceptors (Lipinski definition) is 2. The molecule has 0 amide bonds. The van der Waals surface area contributed by atoms with Gasteiger partial charge in [-0.3, -0.25) is 4.90 Å². The second-order valence-corrected chi connectivity index (χ2v) is 5.77. The summed E-state index contributed by atoms with van der Waals surface area (Å²) in [5.74, 6) is 0. The third-order valence-electron chi connectivity index (χ3n) is 2.97. The number of nitrogens with zero attached hydrogens (tertiary/aromatic N) is 1. The maximum atomic E-state index is 3.59. The van der Waals surface area contributed by atoms with Crippen molar-refractivity contribution in [2.24, 2.45) is 0 Å². The van der Waals surface area contributed by atoms with E-state index in [2.05, 4.69) is 51.8 Å². The van der Waals surface area contributed by atoms with Crippen molar-refractivity contribution in [1.82, 2.24) is 10.2 Å². The lowest BCUT2D eigenvalue weighted by Crippen LogP contribution is -2.67. The van der Waals surface area contributed by atoms with Crippen LogP contribution in [0, 0.1) is 0 Å². The molecule has 0 aromatic carbocycles. The van der Waals surface area contributed by atoms with E-state index in [1.54, 1.807) is 0 Å².